The highest BCUT2D eigenvalue weighted by atomic mass is 16.5. The van der Waals surface area contributed by atoms with E-state index in [1.165, 1.54) is 0 Å². The van der Waals surface area contributed by atoms with Crippen LogP contribution in [0.2, 0.25) is 0 Å². The monoisotopic (exact) mass is 235 g/mol. The Labute approximate surface area is 98.4 Å². The number of aromatic hydroxyl groups is 1. The van der Waals surface area contributed by atoms with Gasteiger partial charge in [-0.05, 0) is 11.6 Å². The molecule has 0 bridgehead atoms. The van der Waals surface area contributed by atoms with Crippen molar-refractivity contribution in [3.05, 3.63) is 29.8 Å². The van der Waals surface area contributed by atoms with Gasteiger partial charge in [-0.25, -0.2) is 0 Å². The number of phenols is 1. The summed E-state index contributed by atoms with van der Waals surface area (Å²) < 4.78 is 5.39. The molecule has 1 heterocycles. The third kappa shape index (κ3) is 2.96. The minimum Gasteiger partial charge on any atom is -0.508 e. The maximum atomic E-state index is 10.5. The van der Waals surface area contributed by atoms with Crippen molar-refractivity contribution in [1.29, 1.82) is 0 Å². The molecule has 5 nitrogen and oxygen atoms in total. The number of carboxylic acid groups (broad SMARTS) is 1. The zero-order chi connectivity index (χ0) is 12.3. The summed E-state index contributed by atoms with van der Waals surface area (Å²) in [6, 6.07) is 7.01. The van der Waals surface area contributed by atoms with Gasteiger partial charge in [-0.15, -0.1) is 0 Å². The molecule has 0 amide bonds. The van der Waals surface area contributed by atoms with Crippen LogP contribution in [-0.2, 0) is 16.0 Å². The van der Waals surface area contributed by atoms with Crippen molar-refractivity contribution in [1.82, 2.24) is 0 Å². The lowest BCUT2D eigenvalue weighted by Crippen LogP contribution is -2.17. The Morgan fingerprint density at radius 1 is 1.47 bits per heavy atom. The SMILES string of the molecule is O=C(O)CC1=NCC(Cc2ccccc2O)O1. The van der Waals surface area contributed by atoms with Crippen LogP contribution in [0.3, 0.4) is 0 Å². The molecule has 5 heteroatoms. The van der Waals surface area contributed by atoms with Gasteiger partial charge in [0, 0.05) is 6.42 Å². The highest BCUT2D eigenvalue weighted by molar-refractivity contribution is 5.94. The number of para-hydroxylation sites is 1. The highest BCUT2D eigenvalue weighted by Gasteiger charge is 2.22. The predicted molar refractivity (Wildman–Crippen MR) is 61.2 cm³/mol. The lowest BCUT2D eigenvalue weighted by Gasteiger charge is -2.11. The molecule has 1 atom stereocenters. The Bertz CT molecular complexity index is 456. The Hall–Kier alpha value is -2.04. The first kappa shape index (κ1) is 11.4. The highest BCUT2D eigenvalue weighted by Crippen LogP contribution is 2.20. The third-order valence-corrected chi connectivity index (χ3v) is 2.52. The van der Waals surface area contributed by atoms with Crippen LogP contribution < -0.4 is 0 Å². The van der Waals surface area contributed by atoms with Gasteiger partial charge in [-0.1, -0.05) is 18.2 Å². The first-order valence-electron chi connectivity index (χ1n) is 5.34. The van der Waals surface area contributed by atoms with E-state index in [2.05, 4.69) is 4.99 Å². The summed E-state index contributed by atoms with van der Waals surface area (Å²) in [5, 5.41) is 18.2. The number of nitrogens with zero attached hydrogens (tertiary/aromatic N) is 1. The third-order valence-electron chi connectivity index (χ3n) is 2.52. The Morgan fingerprint density at radius 3 is 2.94 bits per heavy atom. The zero-order valence-corrected chi connectivity index (χ0v) is 9.17. The van der Waals surface area contributed by atoms with Crippen molar-refractivity contribution < 1.29 is 19.7 Å². The molecule has 1 aliphatic heterocycles. The average Bonchev–Trinajstić information content (AvgIpc) is 2.68. The summed E-state index contributed by atoms with van der Waals surface area (Å²) in [6.45, 7) is 0.441. The second kappa shape index (κ2) is 4.86. The summed E-state index contributed by atoms with van der Waals surface area (Å²) in [7, 11) is 0. The van der Waals surface area contributed by atoms with E-state index in [-0.39, 0.29) is 24.2 Å². The Kier molecular flexibility index (Phi) is 3.27. The number of phenolic OH excluding ortho intramolecular Hbond substituents is 1. The molecule has 90 valence electrons. The normalized spacial score (nSPS) is 18.6. The van der Waals surface area contributed by atoms with E-state index in [9.17, 15) is 9.90 Å². The van der Waals surface area contributed by atoms with E-state index in [0.29, 0.717) is 13.0 Å². The van der Waals surface area contributed by atoms with Gasteiger partial charge < -0.3 is 14.9 Å². The molecule has 0 aliphatic carbocycles. The van der Waals surface area contributed by atoms with Crippen molar-refractivity contribution in [2.45, 2.75) is 18.9 Å². The van der Waals surface area contributed by atoms with E-state index in [4.69, 9.17) is 9.84 Å². The zero-order valence-electron chi connectivity index (χ0n) is 9.17. The summed E-state index contributed by atoms with van der Waals surface area (Å²) in [4.78, 5) is 14.5. The molecule has 17 heavy (non-hydrogen) atoms. The number of carboxylic acids is 1. The van der Waals surface area contributed by atoms with Crippen LogP contribution >= 0.6 is 0 Å². The second-order valence-corrected chi connectivity index (χ2v) is 3.88. The molecular formula is C12H13NO4. The van der Waals surface area contributed by atoms with Crippen LogP contribution in [0.4, 0.5) is 0 Å². The topological polar surface area (TPSA) is 79.1 Å². The molecule has 1 unspecified atom stereocenters. The van der Waals surface area contributed by atoms with Crippen LogP contribution in [-0.4, -0.2) is 34.7 Å². The molecule has 0 aromatic heterocycles. The molecule has 0 radical (unpaired) electrons. The Morgan fingerprint density at radius 2 is 2.24 bits per heavy atom. The fourth-order valence-corrected chi connectivity index (χ4v) is 1.73. The van der Waals surface area contributed by atoms with Crippen LogP contribution in [0.25, 0.3) is 0 Å². The first-order chi connectivity index (χ1) is 8.15. The van der Waals surface area contributed by atoms with Crippen LogP contribution in [0.1, 0.15) is 12.0 Å². The van der Waals surface area contributed by atoms with Gasteiger partial charge in [0.2, 0.25) is 0 Å². The van der Waals surface area contributed by atoms with E-state index >= 15 is 0 Å². The smallest absolute Gasteiger partial charge is 0.312 e. The summed E-state index contributed by atoms with van der Waals surface area (Å²) in [5.74, 6) is -0.465. The van der Waals surface area contributed by atoms with Crippen molar-refractivity contribution in [3.8, 4) is 5.75 Å². The summed E-state index contributed by atoms with van der Waals surface area (Å²) >= 11 is 0. The minimum absolute atomic E-state index is 0.183. The number of aliphatic imine (C=N–C) groups is 1. The standard InChI is InChI=1S/C12H13NO4/c14-10-4-2-1-3-8(10)5-9-7-13-11(17-9)6-12(15)16/h1-4,9,14H,5-7H2,(H,15,16). The lowest BCUT2D eigenvalue weighted by atomic mass is 10.1. The van der Waals surface area contributed by atoms with Crippen LogP contribution in [0.5, 0.6) is 5.75 Å². The van der Waals surface area contributed by atoms with E-state index < -0.39 is 5.97 Å². The molecular weight excluding hydrogens is 222 g/mol. The molecule has 2 N–H and O–H groups in total. The number of aliphatic carboxylic acids is 1. The maximum absolute atomic E-state index is 10.5. The number of ether oxygens (including phenoxy) is 1. The molecule has 0 spiro atoms. The van der Waals surface area contributed by atoms with Crippen LogP contribution in [0.15, 0.2) is 29.3 Å². The van der Waals surface area contributed by atoms with Crippen molar-refractivity contribution in [2.75, 3.05) is 6.54 Å². The van der Waals surface area contributed by atoms with Crippen LogP contribution in [0, 0.1) is 0 Å². The number of carbonyl (C=O) groups is 1. The predicted octanol–water partition coefficient (Wildman–Crippen LogP) is 1.21. The van der Waals surface area contributed by atoms with E-state index in [1.807, 2.05) is 12.1 Å². The van der Waals surface area contributed by atoms with Gasteiger partial charge in [0.15, 0.2) is 5.90 Å². The molecule has 0 fully saturated rings. The number of hydrogen-bond acceptors (Lipinski definition) is 4. The number of benzene rings is 1. The number of rotatable bonds is 4. The molecule has 1 aromatic rings. The quantitative estimate of drug-likeness (QED) is 0.822. The van der Waals surface area contributed by atoms with Crippen molar-refractivity contribution >= 4 is 11.9 Å². The number of hydrogen-bond donors (Lipinski definition) is 2. The minimum atomic E-state index is -0.952. The summed E-state index contributed by atoms with van der Waals surface area (Å²) in [5.41, 5.74) is 0.782. The average molecular weight is 235 g/mol. The van der Waals surface area contributed by atoms with Crippen molar-refractivity contribution in [3.63, 3.8) is 0 Å². The van der Waals surface area contributed by atoms with Gasteiger partial charge in [0.05, 0.1) is 6.54 Å². The van der Waals surface area contributed by atoms with Gasteiger partial charge in [0.1, 0.15) is 18.3 Å². The fraction of sp³-hybridized carbons (Fsp3) is 0.333. The van der Waals surface area contributed by atoms with Gasteiger partial charge in [-0.3, -0.25) is 9.79 Å². The summed E-state index contributed by atoms with van der Waals surface area (Å²) in [6.07, 6.45) is 0.161. The lowest BCUT2D eigenvalue weighted by molar-refractivity contribution is -0.135. The first-order valence-corrected chi connectivity index (χ1v) is 5.34. The Balaban J connectivity index is 1.92. The molecule has 1 aliphatic rings. The molecule has 2 rings (SSSR count). The molecule has 0 saturated carbocycles. The second-order valence-electron chi connectivity index (χ2n) is 3.88. The maximum Gasteiger partial charge on any atom is 0.312 e. The fourth-order valence-electron chi connectivity index (χ4n) is 1.73. The van der Waals surface area contributed by atoms with Gasteiger partial charge in [0.25, 0.3) is 0 Å². The van der Waals surface area contributed by atoms with E-state index in [1.54, 1.807) is 12.1 Å². The van der Waals surface area contributed by atoms with E-state index in [0.717, 1.165) is 5.56 Å². The molecule has 0 saturated heterocycles. The largest absolute Gasteiger partial charge is 0.508 e. The van der Waals surface area contributed by atoms with Crippen molar-refractivity contribution in [2.24, 2.45) is 4.99 Å². The molecule has 1 aromatic carbocycles. The van der Waals surface area contributed by atoms with Gasteiger partial charge >= 0.3 is 5.97 Å². The van der Waals surface area contributed by atoms with Gasteiger partial charge in [-0.2, -0.15) is 0 Å².